The summed E-state index contributed by atoms with van der Waals surface area (Å²) in [5.74, 6) is -0.0303. The van der Waals surface area contributed by atoms with Crippen LogP contribution in [0.25, 0.3) is 0 Å². The van der Waals surface area contributed by atoms with Gasteiger partial charge in [-0.3, -0.25) is 15.6 Å². The van der Waals surface area contributed by atoms with Crippen molar-refractivity contribution < 1.29 is 4.79 Å². The Balaban J connectivity index is 2.12. The van der Waals surface area contributed by atoms with Crippen molar-refractivity contribution >= 4 is 23.2 Å². The van der Waals surface area contributed by atoms with Crippen LogP contribution >= 0.6 is 12.2 Å². The summed E-state index contributed by atoms with van der Waals surface area (Å²) in [5.41, 5.74) is 6.43. The summed E-state index contributed by atoms with van der Waals surface area (Å²) < 4.78 is 0. The maximum atomic E-state index is 11.4. The van der Waals surface area contributed by atoms with Gasteiger partial charge in [-0.1, -0.05) is 50.1 Å². The number of nitrogens with one attached hydrogen (secondary N) is 3. The van der Waals surface area contributed by atoms with E-state index in [0.717, 1.165) is 24.8 Å². The molecule has 0 radical (unpaired) electrons. The summed E-state index contributed by atoms with van der Waals surface area (Å²) in [4.78, 5) is 11.4. The zero-order valence-electron chi connectivity index (χ0n) is 11.2. The highest BCUT2D eigenvalue weighted by atomic mass is 32.1. The molecule has 1 rings (SSSR count). The molecule has 1 aromatic rings. The predicted octanol–water partition coefficient (Wildman–Crippen LogP) is 2.26. The Morgan fingerprint density at radius 1 is 1.16 bits per heavy atom. The summed E-state index contributed by atoms with van der Waals surface area (Å²) in [7, 11) is 0. The van der Waals surface area contributed by atoms with Gasteiger partial charge < -0.3 is 5.32 Å². The van der Waals surface area contributed by atoms with Crippen LogP contribution < -0.4 is 16.2 Å². The van der Waals surface area contributed by atoms with Crippen LogP contribution in [-0.4, -0.2) is 11.0 Å². The lowest BCUT2D eigenvalue weighted by molar-refractivity contribution is -0.121. The zero-order chi connectivity index (χ0) is 13.9. The Hall–Kier alpha value is -1.62. The van der Waals surface area contributed by atoms with Gasteiger partial charge in [0.2, 0.25) is 5.91 Å². The third-order valence-electron chi connectivity index (χ3n) is 2.62. The van der Waals surface area contributed by atoms with Crippen molar-refractivity contribution in [2.75, 3.05) is 0 Å². The molecular formula is C14H21N3OS. The number of carbonyl (C=O) groups is 1. The molecule has 0 bridgehead atoms. The fourth-order valence-corrected chi connectivity index (χ4v) is 1.67. The number of unbranched alkanes of at least 4 members (excludes halogenated alkanes) is 2. The van der Waals surface area contributed by atoms with Crippen LogP contribution in [0.3, 0.4) is 0 Å². The maximum Gasteiger partial charge on any atom is 0.238 e. The van der Waals surface area contributed by atoms with Crippen molar-refractivity contribution in [3.8, 4) is 0 Å². The Morgan fingerprint density at radius 3 is 2.58 bits per heavy atom. The van der Waals surface area contributed by atoms with Gasteiger partial charge in [-0.15, -0.1) is 0 Å². The first-order valence-corrected chi connectivity index (χ1v) is 6.99. The van der Waals surface area contributed by atoms with Crippen LogP contribution in [0.2, 0.25) is 0 Å². The summed E-state index contributed by atoms with van der Waals surface area (Å²) in [5, 5.41) is 3.45. The van der Waals surface area contributed by atoms with Crippen LogP contribution in [0.5, 0.6) is 0 Å². The highest BCUT2D eigenvalue weighted by molar-refractivity contribution is 7.80. The molecule has 104 valence electrons. The lowest BCUT2D eigenvalue weighted by Gasteiger charge is -2.11. The number of carbonyl (C=O) groups excluding carboxylic acids is 1. The molecule has 0 heterocycles. The van der Waals surface area contributed by atoms with Gasteiger partial charge in [-0.2, -0.15) is 0 Å². The van der Waals surface area contributed by atoms with Crippen molar-refractivity contribution in [2.45, 2.75) is 39.2 Å². The van der Waals surface area contributed by atoms with Crippen LogP contribution in [0.15, 0.2) is 30.3 Å². The van der Waals surface area contributed by atoms with Gasteiger partial charge in [0.1, 0.15) is 0 Å². The summed E-state index contributed by atoms with van der Waals surface area (Å²) in [6, 6.07) is 9.94. The largest absolute Gasteiger partial charge is 0.357 e. The Kier molecular flexibility index (Phi) is 7.58. The Labute approximate surface area is 119 Å². The lowest BCUT2D eigenvalue weighted by Crippen LogP contribution is -2.46. The molecule has 0 aliphatic heterocycles. The van der Waals surface area contributed by atoms with Gasteiger partial charge in [-0.25, -0.2) is 0 Å². The normalized spacial score (nSPS) is 9.74. The minimum atomic E-state index is -0.0303. The van der Waals surface area contributed by atoms with E-state index in [1.807, 2.05) is 30.3 Å². The van der Waals surface area contributed by atoms with Crippen LogP contribution in [0.4, 0.5) is 0 Å². The summed E-state index contributed by atoms with van der Waals surface area (Å²) >= 11 is 5.07. The van der Waals surface area contributed by atoms with E-state index in [1.54, 1.807) is 0 Å². The number of amides is 1. The van der Waals surface area contributed by atoms with Gasteiger partial charge in [-0.05, 0) is 24.2 Å². The minimum absolute atomic E-state index is 0.0303. The quantitative estimate of drug-likeness (QED) is 0.425. The van der Waals surface area contributed by atoms with Crippen LogP contribution in [0.1, 0.15) is 38.2 Å². The Morgan fingerprint density at radius 2 is 1.89 bits per heavy atom. The lowest BCUT2D eigenvalue weighted by atomic mass is 10.2. The van der Waals surface area contributed by atoms with E-state index in [2.05, 4.69) is 23.1 Å². The molecule has 0 fully saturated rings. The molecule has 0 saturated heterocycles. The molecule has 0 saturated carbocycles. The van der Waals surface area contributed by atoms with Gasteiger partial charge in [0, 0.05) is 13.0 Å². The standard InChI is InChI=1S/C14H21N3OS/c1-2-3-5-10-13(18)16-17-14(19)15-11-12-8-6-4-7-9-12/h4,6-9H,2-3,5,10-11H2,1H3,(H,16,18)(H2,15,17,19). The van der Waals surface area contributed by atoms with Crippen LogP contribution in [-0.2, 0) is 11.3 Å². The smallest absolute Gasteiger partial charge is 0.238 e. The highest BCUT2D eigenvalue weighted by Gasteiger charge is 2.01. The first kappa shape index (κ1) is 15.4. The van der Waals surface area contributed by atoms with Gasteiger partial charge in [0.05, 0.1) is 0 Å². The zero-order valence-corrected chi connectivity index (χ0v) is 12.1. The second kappa shape index (κ2) is 9.33. The molecule has 1 amide bonds. The molecule has 19 heavy (non-hydrogen) atoms. The third-order valence-corrected chi connectivity index (χ3v) is 2.87. The Bertz CT molecular complexity index is 395. The molecule has 0 spiro atoms. The fraction of sp³-hybridized carbons (Fsp3) is 0.429. The molecule has 0 atom stereocenters. The molecule has 0 unspecified atom stereocenters. The molecule has 0 aliphatic rings. The van der Waals surface area contributed by atoms with E-state index in [0.29, 0.717) is 18.1 Å². The number of benzene rings is 1. The number of rotatable bonds is 6. The van der Waals surface area contributed by atoms with Gasteiger partial charge in [0.25, 0.3) is 0 Å². The summed E-state index contributed by atoms with van der Waals surface area (Å²) in [6.45, 7) is 2.75. The molecule has 1 aromatic carbocycles. The first-order chi connectivity index (χ1) is 9.22. The van der Waals surface area contributed by atoms with Crippen LogP contribution in [0, 0.1) is 0 Å². The number of thiocarbonyl (C=S) groups is 1. The number of hydrazine groups is 1. The van der Waals surface area contributed by atoms with Crippen molar-refractivity contribution in [3.63, 3.8) is 0 Å². The van der Waals surface area contributed by atoms with E-state index in [1.165, 1.54) is 0 Å². The highest BCUT2D eigenvalue weighted by Crippen LogP contribution is 1.98. The fourth-order valence-electron chi connectivity index (χ4n) is 1.55. The maximum absolute atomic E-state index is 11.4. The van der Waals surface area contributed by atoms with Crippen molar-refractivity contribution in [2.24, 2.45) is 0 Å². The second-order valence-electron chi connectivity index (χ2n) is 4.30. The SMILES string of the molecule is CCCCCC(=O)NNC(=S)NCc1ccccc1. The van der Waals surface area contributed by atoms with E-state index >= 15 is 0 Å². The molecule has 5 heteroatoms. The first-order valence-electron chi connectivity index (χ1n) is 6.59. The molecule has 0 aromatic heterocycles. The monoisotopic (exact) mass is 279 g/mol. The molecule has 0 aliphatic carbocycles. The average Bonchev–Trinajstić information content (AvgIpc) is 2.44. The van der Waals surface area contributed by atoms with Crippen molar-refractivity contribution in [1.29, 1.82) is 0 Å². The van der Waals surface area contributed by atoms with E-state index in [9.17, 15) is 4.79 Å². The van der Waals surface area contributed by atoms with E-state index in [4.69, 9.17) is 12.2 Å². The van der Waals surface area contributed by atoms with Crippen molar-refractivity contribution in [1.82, 2.24) is 16.2 Å². The topological polar surface area (TPSA) is 53.2 Å². The minimum Gasteiger partial charge on any atom is -0.357 e. The molecular weight excluding hydrogens is 258 g/mol. The average molecular weight is 279 g/mol. The summed E-state index contributed by atoms with van der Waals surface area (Å²) in [6.07, 6.45) is 3.62. The number of hydrogen-bond donors (Lipinski definition) is 3. The van der Waals surface area contributed by atoms with Crippen molar-refractivity contribution in [3.05, 3.63) is 35.9 Å². The predicted molar refractivity (Wildman–Crippen MR) is 81.3 cm³/mol. The van der Waals surface area contributed by atoms with E-state index in [-0.39, 0.29) is 5.91 Å². The molecule has 3 N–H and O–H groups in total. The van der Waals surface area contributed by atoms with Gasteiger partial charge >= 0.3 is 0 Å². The van der Waals surface area contributed by atoms with Gasteiger partial charge in [0.15, 0.2) is 5.11 Å². The molecule has 4 nitrogen and oxygen atoms in total. The third kappa shape index (κ3) is 7.41. The number of hydrogen-bond acceptors (Lipinski definition) is 2. The second-order valence-corrected chi connectivity index (χ2v) is 4.71. The van der Waals surface area contributed by atoms with E-state index < -0.39 is 0 Å².